The lowest BCUT2D eigenvalue weighted by Crippen LogP contribution is -2.43. The first-order valence-corrected chi connectivity index (χ1v) is 9.28. The predicted molar refractivity (Wildman–Crippen MR) is 91.9 cm³/mol. The minimum absolute atomic E-state index is 0.0658. The molecule has 0 unspecified atom stereocenters. The summed E-state index contributed by atoms with van der Waals surface area (Å²) < 4.78 is 24.1. The van der Waals surface area contributed by atoms with Crippen LogP contribution in [0.4, 0.5) is 4.79 Å². The van der Waals surface area contributed by atoms with Gasteiger partial charge in [0, 0.05) is 19.6 Å². The average Bonchev–Trinajstić information content (AvgIpc) is 2.44. The van der Waals surface area contributed by atoms with Crippen LogP contribution >= 0.6 is 0 Å². The molecule has 0 aliphatic rings. The third kappa shape index (κ3) is 7.45. The Hall–Kier alpha value is -1.64. The van der Waals surface area contributed by atoms with Crippen molar-refractivity contribution in [1.29, 1.82) is 0 Å². The number of hydrogen-bond donors (Lipinski definition) is 3. The molecule has 0 heterocycles. The molecule has 3 N–H and O–H groups in total. The van der Waals surface area contributed by atoms with Crippen molar-refractivity contribution in [3.63, 3.8) is 0 Å². The Kier molecular flexibility index (Phi) is 7.47. The first-order valence-electron chi connectivity index (χ1n) is 7.39. The number of urea groups is 1. The highest BCUT2D eigenvalue weighted by Gasteiger charge is 2.16. The van der Waals surface area contributed by atoms with Crippen molar-refractivity contribution in [3.05, 3.63) is 35.4 Å². The Morgan fingerprint density at radius 1 is 1.17 bits per heavy atom. The first-order chi connectivity index (χ1) is 10.7. The number of amides is 2. The fourth-order valence-corrected chi connectivity index (χ4v) is 2.67. The fraction of sp³-hybridized carbons (Fsp3) is 0.533. The van der Waals surface area contributed by atoms with Gasteiger partial charge >= 0.3 is 6.03 Å². The standard InChI is InChI=1S/C15H26N4O3S/c1-12-7-5-6-8-13(12)14(19(2)3)11-17-15(20)16-9-10-18-23(4,21)22/h5-8,14,18H,9-11H2,1-4H3,(H2,16,17,20)/t14-/m1/s1. The average molecular weight is 342 g/mol. The van der Waals surface area contributed by atoms with Crippen LogP contribution < -0.4 is 15.4 Å². The lowest BCUT2D eigenvalue weighted by Gasteiger charge is -2.26. The minimum Gasteiger partial charge on any atom is -0.337 e. The Balaban J connectivity index is 2.47. The number of benzene rings is 1. The zero-order chi connectivity index (χ0) is 17.5. The van der Waals surface area contributed by atoms with Gasteiger partial charge in [0.25, 0.3) is 0 Å². The summed E-state index contributed by atoms with van der Waals surface area (Å²) in [7, 11) is 0.702. The number of carbonyl (C=O) groups excluding carboxylic acids is 1. The summed E-state index contributed by atoms with van der Waals surface area (Å²) in [5.41, 5.74) is 2.34. The van der Waals surface area contributed by atoms with Gasteiger partial charge in [-0.2, -0.15) is 0 Å². The molecular weight excluding hydrogens is 316 g/mol. The molecule has 0 bridgehead atoms. The maximum absolute atomic E-state index is 11.8. The molecule has 0 aliphatic heterocycles. The highest BCUT2D eigenvalue weighted by Crippen LogP contribution is 2.20. The van der Waals surface area contributed by atoms with E-state index in [0.29, 0.717) is 6.54 Å². The van der Waals surface area contributed by atoms with Gasteiger partial charge in [-0.15, -0.1) is 0 Å². The van der Waals surface area contributed by atoms with Gasteiger partial charge < -0.3 is 15.5 Å². The summed E-state index contributed by atoms with van der Waals surface area (Å²) in [6.45, 7) is 2.91. The molecule has 0 fully saturated rings. The number of likely N-dealkylation sites (N-methyl/N-ethyl adjacent to an activating group) is 1. The minimum atomic E-state index is -3.23. The van der Waals surface area contributed by atoms with E-state index in [1.54, 1.807) is 0 Å². The topological polar surface area (TPSA) is 90.5 Å². The normalized spacial score (nSPS) is 12.9. The third-order valence-corrected chi connectivity index (χ3v) is 4.13. The highest BCUT2D eigenvalue weighted by molar-refractivity contribution is 7.88. The Labute approximate surface area is 138 Å². The molecule has 0 radical (unpaired) electrons. The Morgan fingerprint density at radius 2 is 1.83 bits per heavy atom. The van der Waals surface area contributed by atoms with Crippen LogP contribution in [0.15, 0.2) is 24.3 Å². The number of hydrogen-bond acceptors (Lipinski definition) is 4. The Bertz CT molecular complexity index is 617. The van der Waals surface area contributed by atoms with Crippen LogP contribution in [0.1, 0.15) is 17.2 Å². The van der Waals surface area contributed by atoms with Gasteiger partial charge in [-0.3, -0.25) is 0 Å². The Morgan fingerprint density at radius 3 is 2.39 bits per heavy atom. The number of rotatable bonds is 8. The van der Waals surface area contributed by atoms with E-state index in [2.05, 4.69) is 21.4 Å². The first kappa shape index (κ1) is 19.4. The van der Waals surface area contributed by atoms with Gasteiger partial charge in [-0.1, -0.05) is 24.3 Å². The van der Waals surface area contributed by atoms with Gasteiger partial charge in [0.1, 0.15) is 0 Å². The zero-order valence-corrected chi connectivity index (χ0v) is 14.9. The van der Waals surface area contributed by atoms with E-state index < -0.39 is 10.0 Å². The lowest BCUT2D eigenvalue weighted by atomic mass is 10.0. The van der Waals surface area contributed by atoms with Gasteiger partial charge in [0.15, 0.2) is 0 Å². The van der Waals surface area contributed by atoms with E-state index in [1.807, 2.05) is 44.1 Å². The van der Waals surface area contributed by atoms with Gasteiger partial charge in [-0.25, -0.2) is 17.9 Å². The summed E-state index contributed by atoms with van der Waals surface area (Å²) in [5.74, 6) is 0. The van der Waals surface area contributed by atoms with Crippen molar-refractivity contribution in [2.75, 3.05) is 40.0 Å². The van der Waals surface area contributed by atoms with Crippen molar-refractivity contribution < 1.29 is 13.2 Å². The molecule has 1 aromatic rings. The number of sulfonamides is 1. The van der Waals surface area contributed by atoms with Crippen molar-refractivity contribution in [2.24, 2.45) is 0 Å². The molecular formula is C15H26N4O3S. The number of carbonyl (C=O) groups is 1. The molecule has 23 heavy (non-hydrogen) atoms. The van der Waals surface area contributed by atoms with Crippen LogP contribution in [0.3, 0.4) is 0 Å². The van der Waals surface area contributed by atoms with E-state index in [9.17, 15) is 13.2 Å². The monoisotopic (exact) mass is 342 g/mol. The van der Waals surface area contributed by atoms with E-state index in [1.165, 1.54) is 5.56 Å². The molecule has 1 atom stereocenters. The summed E-state index contributed by atoms with van der Waals surface area (Å²) in [6.07, 6.45) is 1.08. The summed E-state index contributed by atoms with van der Waals surface area (Å²) in [4.78, 5) is 13.8. The smallest absolute Gasteiger partial charge is 0.314 e. The molecule has 0 saturated heterocycles. The van der Waals surface area contributed by atoms with Gasteiger partial charge in [0.2, 0.25) is 10.0 Å². The largest absolute Gasteiger partial charge is 0.337 e. The number of aryl methyl sites for hydroxylation is 1. The maximum Gasteiger partial charge on any atom is 0.314 e. The maximum atomic E-state index is 11.8. The fourth-order valence-electron chi connectivity index (χ4n) is 2.20. The van der Waals surface area contributed by atoms with Crippen molar-refractivity contribution >= 4 is 16.1 Å². The van der Waals surface area contributed by atoms with Gasteiger partial charge in [-0.05, 0) is 32.1 Å². The predicted octanol–water partition coefficient (Wildman–Crippen LogP) is 0.446. The van der Waals surface area contributed by atoms with Crippen molar-refractivity contribution in [1.82, 2.24) is 20.3 Å². The summed E-state index contributed by atoms with van der Waals surface area (Å²) in [5, 5.41) is 5.44. The van der Waals surface area contributed by atoms with Crippen LogP contribution in [0.2, 0.25) is 0 Å². The molecule has 0 aliphatic carbocycles. The second kappa shape index (κ2) is 8.85. The van der Waals surface area contributed by atoms with Crippen LogP contribution in [-0.2, 0) is 10.0 Å². The van der Waals surface area contributed by atoms with E-state index >= 15 is 0 Å². The molecule has 0 spiro atoms. The second-order valence-corrected chi connectivity index (χ2v) is 7.47. The second-order valence-electron chi connectivity index (χ2n) is 5.64. The van der Waals surface area contributed by atoms with Crippen LogP contribution in [0.25, 0.3) is 0 Å². The molecule has 1 aromatic carbocycles. The molecule has 2 amide bonds. The number of nitrogens with one attached hydrogen (secondary N) is 3. The van der Waals surface area contributed by atoms with Crippen LogP contribution in [0, 0.1) is 6.92 Å². The summed E-state index contributed by atoms with van der Waals surface area (Å²) >= 11 is 0. The molecule has 1 rings (SSSR count). The van der Waals surface area contributed by atoms with E-state index in [-0.39, 0.29) is 25.2 Å². The summed E-state index contributed by atoms with van der Waals surface area (Å²) in [6, 6.07) is 7.81. The molecule has 8 heteroatoms. The van der Waals surface area contributed by atoms with Crippen LogP contribution in [-0.4, -0.2) is 59.3 Å². The number of nitrogens with zero attached hydrogens (tertiary/aromatic N) is 1. The van der Waals surface area contributed by atoms with Crippen LogP contribution in [0.5, 0.6) is 0 Å². The molecule has 0 aromatic heterocycles. The quantitative estimate of drug-likeness (QED) is 0.598. The molecule has 7 nitrogen and oxygen atoms in total. The zero-order valence-electron chi connectivity index (χ0n) is 14.1. The van der Waals surface area contributed by atoms with Gasteiger partial charge in [0.05, 0.1) is 12.3 Å². The molecule has 0 saturated carbocycles. The van der Waals surface area contributed by atoms with Crippen molar-refractivity contribution in [3.8, 4) is 0 Å². The molecule has 130 valence electrons. The third-order valence-electron chi connectivity index (χ3n) is 3.40. The lowest BCUT2D eigenvalue weighted by molar-refractivity contribution is 0.233. The SMILES string of the molecule is Cc1ccccc1[C@@H](CNC(=O)NCCNS(C)(=O)=O)N(C)C. The van der Waals surface area contributed by atoms with Crippen molar-refractivity contribution in [2.45, 2.75) is 13.0 Å². The van der Waals surface area contributed by atoms with E-state index in [0.717, 1.165) is 11.8 Å². The highest BCUT2D eigenvalue weighted by atomic mass is 32.2. The van der Waals surface area contributed by atoms with E-state index in [4.69, 9.17) is 0 Å².